The van der Waals surface area contributed by atoms with E-state index in [2.05, 4.69) is 18.3 Å². The van der Waals surface area contributed by atoms with Crippen molar-refractivity contribution in [1.29, 1.82) is 0 Å². The summed E-state index contributed by atoms with van der Waals surface area (Å²) in [5.41, 5.74) is 1.94. The maximum atomic E-state index is 5.55. The molecule has 6 heteroatoms. The van der Waals surface area contributed by atoms with E-state index in [0.29, 0.717) is 5.11 Å². The van der Waals surface area contributed by atoms with Crippen molar-refractivity contribution in [3.63, 3.8) is 0 Å². The number of nitrogens with zero attached hydrogens (tertiary/aromatic N) is 2. The smallest absolute Gasteiger partial charge is 0.173 e. The number of anilines is 1. The van der Waals surface area contributed by atoms with Gasteiger partial charge in [0.05, 0.1) is 23.4 Å². The molecule has 0 unspecified atom stereocenters. The normalized spacial score (nSPS) is 12.0. The van der Waals surface area contributed by atoms with Gasteiger partial charge in [-0.2, -0.15) is 0 Å². The van der Waals surface area contributed by atoms with Gasteiger partial charge in [-0.25, -0.2) is 4.98 Å². The van der Waals surface area contributed by atoms with E-state index in [0.717, 1.165) is 22.0 Å². The first-order valence-corrected chi connectivity index (χ1v) is 8.84. The van der Waals surface area contributed by atoms with E-state index in [4.69, 9.17) is 21.9 Å². The predicted molar refractivity (Wildman–Crippen MR) is 105 cm³/mol. The van der Waals surface area contributed by atoms with E-state index < -0.39 is 0 Å². The molecule has 0 aliphatic rings. The number of hydrogen-bond acceptors (Lipinski definition) is 4. The van der Waals surface area contributed by atoms with Crippen LogP contribution in [0.5, 0.6) is 5.75 Å². The van der Waals surface area contributed by atoms with Crippen LogP contribution in [-0.4, -0.2) is 29.2 Å². The number of methoxy groups -OCH3 is 1. The SMILES string of the molecule is COc1cccc(NC(=S)N(C)[C@H](C)c2nc3ccccc3s2)c1. The average Bonchev–Trinajstić information content (AvgIpc) is 3.04. The van der Waals surface area contributed by atoms with Gasteiger partial charge in [0.25, 0.3) is 0 Å². The number of ether oxygens (including phenoxy) is 1. The number of thiocarbonyl (C=S) groups is 1. The van der Waals surface area contributed by atoms with E-state index in [1.807, 2.05) is 54.4 Å². The second-order valence-corrected chi connectivity index (χ2v) is 6.92. The molecule has 0 bridgehead atoms. The van der Waals surface area contributed by atoms with Crippen LogP contribution < -0.4 is 10.1 Å². The molecule has 2 aromatic carbocycles. The van der Waals surface area contributed by atoms with Gasteiger partial charge in [0, 0.05) is 18.8 Å². The van der Waals surface area contributed by atoms with Gasteiger partial charge in [0.2, 0.25) is 0 Å². The molecule has 0 radical (unpaired) electrons. The summed E-state index contributed by atoms with van der Waals surface area (Å²) >= 11 is 7.25. The third-order valence-electron chi connectivity index (χ3n) is 3.89. The Morgan fingerprint density at radius 1 is 1.25 bits per heavy atom. The standard InChI is InChI=1S/C18H19N3OS2/c1-12(17-20-15-9-4-5-10-16(15)24-17)21(2)18(23)19-13-7-6-8-14(11-13)22-3/h4-12H,1-3H3,(H,19,23)/t12-/m1/s1. The highest BCUT2D eigenvalue weighted by molar-refractivity contribution is 7.80. The Morgan fingerprint density at radius 3 is 2.79 bits per heavy atom. The Kier molecular flexibility index (Phi) is 4.97. The highest BCUT2D eigenvalue weighted by atomic mass is 32.1. The first-order chi connectivity index (χ1) is 11.6. The van der Waals surface area contributed by atoms with Gasteiger partial charge in [0.15, 0.2) is 5.11 Å². The zero-order chi connectivity index (χ0) is 17.1. The van der Waals surface area contributed by atoms with Gasteiger partial charge >= 0.3 is 0 Å². The number of benzene rings is 2. The Hall–Kier alpha value is -2.18. The van der Waals surface area contributed by atoms with E-state index in [9.17, 15) is 0 Å². The lowest BCUT2D eigenvalue weighted by Gasteiger charge is -2.26. The zero-order valence-corrected chi connectivity index (χ0v) is 15.4. The fourth-order valence-electron chi connectivity index (χ4n) is 2.32. The molecule has 3 aromatic rings. The number of fused-ring (bicyclic) bond motifs is 1. The molecule has 1 heterocycles. The Balaban J connectivity index is 1.74. The van der Waals surface area contributed by atoms with Crippen LogP contribution in [0.1, 0.15) is 18.0 Å². The summed E-state index contributed by atoms with van der Waals surface area (Å²) in [7, 11) is 3.63. The molecular formula is C18H19N3OS2. The predicted octanol–water partition coefficient (Wildman–Crippen LogP) is 4.69. The van der Waals surface area contributed by atoms with Crippen molar-refractivity contribution in [2.24, 2.45) is 0 Å². The Bertz CT molecular complexity index is 829. The van der Waals surface area contributed by atoms with Crippen molar-refractivity contribution in [1.82, 2.24) is 9.88 Å². The number of hydrogen-bond donors (Lipinski definition) is 1. The van der Waals surface area contributed by atoms with Crippen LogP contribution in [-0.2, 0) is 0 Å². The minimum atomic E-state index is 0.0907. The van der Waals surface area contributed by atoms with Crippen molar-refractivity contribution < 1.29 is 4.74 Å². The van der Waals surface area contributed by atoms with Crippen LogP contribution in [0.25, 0.3) is 10.2 Å². The molecule has 0 saturated carbocycles. The highest BCUT2D eigenvalue weighted by Crippen LogP contribution is 2.29. The number of nitrogens with one attached hydrogen (secondary N) is 1. The molecule has 1 atom stereocenters. The van der Waals surface area contributed by atoms with Gasteiger partial charge in [0.1, 0.15) is 10.8 Å². The van der Waals surface area contributed by atoms with Crippen molar-refractivity contribution in [2.75, 3.05) is 19.5 Å². The number of aromatic nitrogens is 1. The minimum Gasteiger partial charge on any atom is -0.497 e. The van der Waals surface area contributed by atoms with E-state index >= 15 is 0 Å². The van der Waals surface area contributed by atoms with Gasteiger partial charge < -0.3 is 15.0 Å². The second-order valence-electron chi connectivity index (χ2n) is 5.47. The fraction of sp³-hybridized carbons (Fsp3) is 0.222. The number of para-hydroxylation sites is 1. The summed E-state index contributed by atoms with van der Waals surface area (Å²) < 4.78 is 6.44. The maximum Gasteiger partial charge on any atom is 0.173 e. The minimum absolute atomic E-state index is 0.0907. The molecule has 24 heavy (non-hydrogen) atoms. The molecule has 0 aliphatic carbocycles. The Labute approximate surface area is 151 Å². The third kappa shape index (κ3) is 3.49. The summed E-state index contributed by atoms with van der Waals surface area (Å²) in [4.78, 5) is 6.74. The van der Waals surface area contributed by atoms with Crippen molar-refractivity contribution in [3.05, 3.63) is 53.5 Å². The van der Waals surface area contributed by atoms with Crippen molar-refractivity contribution >= 4 is 44.6 Å². The van der Waals surface area contributed by atoms with E-state index in [-0.39, 0.29) is 6.04 Å². The molecule has 3 rings (SSSR count). The Morgan fingerprint density at radius 2 is 2.04 bits per heavy atom. The number of rotatable bonds is 4. The topological polar surface area (TPSA) is 37.4 Å². The molecule has 124 valence electrons. The lowest BCUT2D eigenvalue weighted by atomic mass is 10.3. The summed E-state index contributed by atoms with van der Waals surface area (Å²) in [6, 6.07) is 16.0. The average molecular weight is 358 g/mol. The third-order valence-corrected chi connectivity index (χ3v) is 5.49. The van der Waals surface area contributed by atoms with Crippen LogP contribution in [0.15, 0.2) is 48.5 Å². The van der Waals surface area contributed by atoms with E-state index in [1.165, 1.54) is 4.70 Å². The van der Waals surface area contributed by atoms with Gasteiger partial charge in [-0.1, -0.05) is 18.2 Å². The monoisotopic (exact) mass is 357 g/mol. The van der Waals surface area contributed by atoms with Gasteiger partial charge in [-0.15, -0.1) is 11.3 Å². The highest BCUT2D eigenvalue weighted by Gasteiger charge is 2.18. The van der Waals surface area contributed by atoms with E-state index in [1.54, 1.807) is 18.4 Å². The lowest BCUT2D eigenvalue weighted by Crippen LogP contribution is -2.33. The second kappa shape index (κ2) is 7.15. The molecule has 1 N–H and O–H groups in total. The maximum absolute atomic E-state index is 5.55. The molecule has 1 aromatic heterocycles. The summed E-state index contributed by atoms with van der Waals surface area (Å²) in [6.07, 6.45) is 0. The van der Waals surface area contributed by atoms with Crippen molar-refractivity contribution in [3.8, 4) is 5.75 Å². The van der Waals surface area contributed by atoms with Crippen LogP contribution >= 0.6 is 23.6 Å². The fourth-order valence-corrected chi connectivity index (χ4v) is 3.66. The molecule has 0 spiro atoms. The number of thiazole rings is 1. The zero-order valence-electron chi connectivity index (χ0n) is 13.8. The largest absolute Gasteiger partial charge is 0.497 e. The summed E-state index contributed by atoms with van der Waals surface area (Å²) in [6.45, 7) is 2.11. The first-order valence-electron chi connectivity index (χ1n) is 7.62. The molecular weight excluding hydrogens is 338 g/mol. The molecule has 0 fully saturated rings. The molecule has 0 saturated heterocycles. The summed E-state index contributed by atoms with van der Waals surface area (Å²) in [5, 5.41) is 4.95. The molecule has 0 aliphatic heterocycles. The van der Waals surface area contributed by atoms with Crippen LogP contribution in [0.4, 0.5) is 5.69 Å². The van der Waals surface area contributed by atoms with Gasteiger partial charge in [-0.3, -0.25) is 0 Å². The van der Waals surface area contributed by atoms with Crippen molar-refractivity contribution in [2.45, 2.75) is 13.0 Å². The van der Waals surface area contributed by atoms with Crippen LogP contribution in [0.3, 0.4) is 0 Å². The molecule has 4 nitrogen and oxygen atoms in total. The molecule has 0 amide bonds. The lowest BCUT2D eigenvalue weighted by molar-refractivity contribution is 0.407. The van der Waals surface area contributed by atoms with Crippen LogP contribution in [0, 0.1) is 0 Å². The van der Waals surface area contributed by atoms with Gasteiger partial charge in [-0.05, 0) is 43.4 Å². The quantitative estimate of drug-likeness (QED) is 0.685. The summed E-state index contributed by atoms with van der Waals surface area (Å²) in [5.74, 6) is 0.796. The first kappa shape index (κ1) is 16.7. The van der Waals surface area contributed by atoms with Crippen LogP contribution in [0.2, 0.25) is 0 Å².